The first-order valence-corrected chi connectivity index (χ1v) is 6.75. The Morgan fingerprint density at radius 2 is 2.05 bits per heavy atom. The van der Waals surface area contributed by atoms with Gasteiger partial charge in [-0.25, -0.2) is 13.8 Å². The molecule has 0 aliphatic rings. The topological polar surface area (TPSA) is 36.4 Å². The smallest absolute Gasteiger partial charge is 0.131 e. The van der Waals surface area contributed by atoms with Gasteiger partial charge in [-0.05, 0) is 24.7 Å². The van der Waals surface area contributed by atoms with Crippen molar-refractivity contribution >= 4 is 11.6 Å². The number of benzene rings is 1. The van der Waals surface area contributed by atoms with Gasteiger partial charge in [0.25, 0.3) is 0 Å². The first kappa shape index (κ1) is 15.8. The lowest BCUT2D eigenvalue weighted by Gasteiger charge is -2.21. The Morgan fingerprint density at radius 1 is 1.29 bits per heavy atom. The predicted octanol–water partition coefficient (Wildman–Crippen LogP) is 3.18. The second-order valence-electron chi connectivity index (χ2n) is 4.87. The van der Waals surface area contributed by atoms with Gasteiger partial charge in [0.1, 0.15) is 16.8 Å². The van der Waals surface area contributed by atoms with Crippen LogP contribution in [-0.4, -0.2) is 28.6 Å². The molecule has 3 nitrogen and oxygen atoms in total. The van der Waals surface area contributed by atoms with Crippen LogP contribution in [0, 0.1) is 11.6 Å². The summed E-state index contributed by atoms with van der Waals surface area (Å²) in [6.07, 6.45) is 0.611. The zero-order valence-corrected chi connectivity index (χ0v) is 12.2. The fraction of sp³-hybridized carbons (Fsp3) is 0.267. The van der Waals surface area contributed by atoms with E-state index in [2.05, 4.69) is 4.98 Å². The molecule has 0 saturated carbocycles. The summed E-state index contributed by atoms with van der Waals surface area (Å²) in [7, 11) is 1.79. The number of pyridine rings is 1. The van der Waals surface area contributed by atoms with Crippen LogP contribution in [0.2, 0.25) is 5.15 Å². The Labute approximate surface area is 126 Å². The van der Waals surface area contributed by atoms with Gasteiger partial charge in [0.05, 0.1) is 6.10 Å². The number of nitrogens with zero attached hydrogens (tertiary/aromatic N) is 2. The summed E-state index contributed by atoms with van der Waals surface area (Å²) in [4.78, 5) is 5.79. The van der Waals surface area contributed by atoms with Gasteiger partial charge in [0.15, 0.2) is 0 Å². The fourth-order valence-electron chi connectivity index (χ4n) is 2.04. The molecule has 112 valence electrons. The van der Waals surface area contributed by atoms with E-state index in [1.54, 1.807) is 19.3 Å². The lowest BCUT2D eigenvalue weighted by atomic mass is 10.1. The number of rotatable bonds is 5. The zero-order valence-electron chi connectivity index (χ0n) is 11.4. The van der Waals surface area contributed by atoms with Gasteiger partial charge in [-0.3, -0.25) is 4.90 Å². The van der Waals surface area contributed by atoms with Crippen LogP contribution in [0.15, 0.2) is 36.5 Å². The van der Waals surface area contributed by atoms with E-state index in [1.165, 1.54) is 6.07 Å². The summed E-state index contributed by atoms with van der Waals surface area (Å²) in [6, 6.07) is 6.66. The number of hydrogen-bond acceptors (Lipinski definition) is 3. The van der Waals surface area contributed by atoms with Gasteiger partial charge in [-0.15, -0.1) is 0 Å². The molecule has 0 aliphatic heterocycles. The third-order valence-electron chi connectivity index (χ3n) is 3.05. The molecule has 0 bridgehead atoms. The third kappa shape index (κ3) is 4.46. The Morgan fingerprint density at radius 3 is 2.67 bits per heavy atom. The number of likely N-dealkylation sites (N-methyl/N-ethyl adjacent to an activating group) is 1. The van der Waals surface area contributed by atoms with Crippen molar-refractivity contribution in [2.45, 2.75) is 12.6 Å². The van der Waals surface area contributed by atoms with Crippen molar-refractivity contribution < 1.29 is 13.9 Å². The minimum Gasteiger partial charge on any atom is -0.387 e. The number of halogens is 3. The van der Waals surface area contributed by atoms with E-state index in [0.29, 0.717) is 11.7 Å². The molecule has 0 spiro atoms. The quantitative estimate of drug-likeness (QED) is 0.862. The van der Waals surface area contributed by atoms with Crippen LogP contribution in [-0.2, 0) is 6.54 Å². The second-order valence-corrected chi connectivity index (χ2v) is 5.25. The van der Waals surface area contributed by atoms with E-state index in [-0.39, 0.29) is 12.1 Å². The van der Waals surface area contributed by atoms with E-state index >= 15 is 0 Å². The van der Waals surface area contributed by atoms with Gasteiger partial charge in [0.2, 0.25) is 0 Å². The highest BCUT2D eigenvalue weighted by atomic mass is 35.5. The van der Waals surface area contributed by atoms with Crippen LogP contribution in [0.1, 0.15) is 17.2 Å². The molecule has 6 heteroatoms. The Balaban J connectivity index is 1.98. The third-order valence-corrected chi connectivity index (χ3v) is 3.27. The summed E-state index contributed by atoms with van der Waals surface area (Å²) in [5.74, 6) is -1.41. The van der Waals surface area contributed by atoms with Crippen molar-refractivity contribution in [1.29, 1.82) is 0 Å². The predicted molar refractivity (Wildman–Crippen MR) is 76.9 cm³/mol. The van der Waals surface area contributed by atoms with E-state index in [4.69, 9.17) is 11.6 Å². The molecule has 0 amide bonds. The first-order chi connectivity index (χ1) is 9.95. The summed E-state index contributed by atoms with van der Waals surface area (Å²) in [5, 5.41) is 10.5. The Kier molecular flexibility index (Phi) is 5.22. The Bertz CT molecular complexity index is 607. The number of hydrogen-bond donors (Lipinski definition) is 1. The van der Waals surface area contributed by atoms with Crippen molar-refractivity contribution in [1.82, 2.24) is 9.88 Å². The zero-order chi connectivity index (χ0) is 15.4. The van der Waals surface area contributed by atoms with E-state index in [9.17, 15) is 13.9 Å². The van der Waals surface area contributed by atoms with Crippen molar-refractivity contribution in [3.05, 3.63) is 64.4 Å². The molecule has 2 rings (SSSR count). The summed E-state index contributed by atoms with van der Waals surface area (Å²) in [5.41, 5.74) is 1.01. The standard InChI is InChI=1S/C15H15ClF2N2O/c1-20(8-10-2-5-15(16)19-7-10)9-14(21)12-4-3-11(17)6-13(12)18/h2-7,14,21H,8-9H2,1H3. The number of aromatic nitrogens is 1. The SMILES string of the molecule is CN(Cc1ccc(Cl)nc1)CC(O)c1ccc(F)cc1F. The van der Waals surface area contributed by atoms with Gasteiger partial charge in [-0.2, -0.15) is 0 Å². The maximum atomic E-state index is 13.6. The number of aliphatic hydroxyl groups is 1. The van der Waals surface area contributed by atoms with Gasteiger partial charge in [-0.1, -0.05) is 23.7 Å². The summed E-state index contributed by atoms with van der Waals surface area (Å²) < 4.78 is 26.4. The molecule has 0 aliphatic carbocycles. The van der Waals surface area contributed by atoms with Crippen LogP contribution >= 0.6 is 11.6 Å². The average molecular weight is 313 g/mol. The van der Waals surface area contributed by atoms with Crippen molar-refractivity contribution in [3.8, 4) is 0 Å². The van der Waals surface area contributed by atoms with Crippen molar-refractivity contribution in [2.24, 2.45) is 0 Å². The minimum atomic E-state index is -1.03. The van der Waals surface area contributed by atoms with Crippen LogP contribution in [0.4, 0.5) is 8.78 Å². The van der Waals surface area contributed by atoms with Crippen molar-refractivity contribution in [3.63, 3.8) is 0 Å². The molecule has 1 unspecified atom stereocenters. The van der Waals surface area contributed by atoms with E-state index in [0.717, 1.165) is 17.7 Å². The highest BCUT2D eigenvalue weighted by Gasteiger charge is 2.15. The molecule has 1 heterocycles. The fourth-order valence-corrected chi connectivity index (χ4v) is 2.15. The number of aliphatic hydroxyl groups excluding tert-OH is 1. The molecule has 0 saturated heterocycles. The highest BCUT2D eigenvalue weighted by Crippen LogP contribution is 2.19. The minimum absolute atomic E-state index is 0.0810. The van der Waals surface area contributed by atoms with Crippen LogP contribution in [0.5, 0.6) is 0 Å². The monoisotopic (exact) mass is 312 g/mol. The molecule has 0 fully saturated rings. The van der Waals surface area contributed by atoms with Gasteiger partial charge >= 0.3 is 0 Å². The maximum Gasteiger partial charge on any atom is 0.131 e. The molecule has 0 radical (unpaired) electrons. The molecule has 1 N–H and O–H groups in total. The molecule has 1 aromatic heterocycles. The Hall–Kier alpha value is -1.56. The van der Waals surface area contributed by atoms with Crippen molar-refractivity contribution in [2.75, 3.05) is 13.6 Å². The molecular formula is C15H15ClF2N2O. The largest absolute Gasteiger partial charge is 0.387 e. The second kappa shape index (κ2) is 6.93. The van der Waals surface area contributed by atoms with Crippen LogP contribution < -0.4 is 0 Å². The van der Waals surface area contributed by atoms with E-state index < -0.39 is 17.7 Å². The lowest BCUT2D eigenvalue weighted by Crippen LogP contribution is -2.24. The van der Waals surface area contributed by atoms with Crippen LogP contribution in [0.3, 0.4) is 0 Å². The molecule has 21 heavy (non-hydrogen) atoms. The average Bonchev–Trinajstić information content (AvgIpc) is 2.41. The highest BCUT2D eigenvalue weighted by molar-refractivity contribution is 6.29. The molecule has 1 atom stereocenters. The van der Waals surface area contributed by atoms with Gasteiger partial charge in [0, 0.05) is 30.9 Å². The lowest BCUT2D eigenvalue weighted by molar-refractivity contribution is 0.120. The normalized spacial score (nSPS) is 12.7. The summed E-state index contributed by atoms with van der Waals surface area (Å²) >= 11 is 5.71. The van der Waals surface area contributed by atoms with Gasteiger partial charge < -0.3 is 5.11 Å². The van der Waals surface area contributed by atoms with E-state index in [1.807, 2.05) is 11.0 Å². The molecule has 2 aromatic rings. The summed E-state index contributed by atoms with van der Waals surface area (Å²) in [6.45, 7) is 0.745. The van der Waals surface area contributed by atoms with Crippen LogP contribution in [0.25, 0.3) is 0 Å². The first-order valence-electron chi connectivity index (χ1n) is 6.37. The molecular weight excluding hydrogens is 298 g/mol. The maximum absolute atomic E-state index is 13.6. The molecule has 1 aromatic carbocycles.